The number of nitrogens with one attached hydrogen (secondary N) is 1. The second-order valence-corrected chi connectivity index (χ2v) is 20.4. The van der Waals surface area contributed by atoms with Gasteiger partial charge in [-0.1, -0.05) is 222 Å². The van der Waals surface area contributed by atoms with E-state index < -0.39 is 67.4 Å². The van der Waals surface area contributed by atoms with E-state index in [2.05, 4.69) is 74.7 Å². The van der Waals surface area contributed by atoms with Gasteiger partial charge < -0.3 is 45.1 Å². The maximum Gasteiger partial charge on any atom is 0.306 e. The van der Waals surface area contributed by atoms with Crippen LogP contribution >= 0.6 is 0 Å². The molecular formula is C62H109NO10. The molecule has 0 aliphatic carbocycles. The van der Waals surface area contributed by atoms with Crippen molar-refractivity contribution >= 4 is 11.9 Å². The number of aliphatic hydroxyl groups is 5. The third-order valence-electron chi connectivity index (χ3n) is 13.6. The van der Waals surface area contributed by atoms with Gasteiger partial charge in [0.15, 0.2) is 12.4 Å². The Labute approximate surface area is 445 Å². The van der Waals surface area contributed by atoms with E-state index in [0.29, 0.717) is 19.3 Å². The molecule has 0 aromatic carbocycles. The first-order valence-electron chi connectivity index (χ1n) is 29.7. The molecule has 1 heterocycles. The van der Waals surface area contributed by atoms with E-state index in [4.69, 9.17) is 14.2 Å². The van der Waals surface area contributed by atoms with Crippen molar-refractivity contribution in [1.82, 2.24) is 5.32 Å². The van der Waals surface area contributed by atoms with Crippen LogP contribution in [0, 0.1) is 0 Å². The molecule has 1 rings (SSSR count). The van der Waals surface area contributed by atoms with Crippen molar-refractivity contribution in [3.8, 4) is 0 Å². The van der Waals surface area contributed by atoms with Crippen LogP contribution in [0.15, 0.2) is 72.9 Å². The normalized spacial score (nSPS) is 19.9. The molecule has 1 amide bonds. The third-order valence-corrected chi connectivity index (χ3v) is 13.6. The van der Waals surface area contributed by atoms with Gasteiger partial charge >= 0.3 is 5.97 Å². The van der Waals surface area contributed by atoms with E-state index in [1.165, 1.54) is 116 Å². The van der Waals surface area contributed by atoms with Crippen molar-refractivity contribution in [2.75, 3.05) is 13.2 Å². The Hall–Kier alpha value is -2.90. The number of amides is 1. The Morgan fingerprint density at radius 3 is 1.47 bits per heavy atom. The molecule has 73 heavy (non-hydrogen) atoms. The number of allylic oxidation sites excluding steroid dienone is 11. The van der Waals surface area contributed by atoms with Crippen LogP contribution in [-0.4, -0.2) is 99.6 Å². The lowest BCUT2D eigenvalue weighted by molar-refractivity contribution is -0.305. The highest BCUT2D eigenvalue weighted by Gasteiger charge is 2.47. The largest absolute Gasteiger partial charge is 0.454 e. The number of unbranched alkanes of at least 4 members (excludes halogenated alkanes) is 25. The number of esters is 1. The standard InChI is InChI=1S/C62H109NO10/c1-4-7-10-13-16-19-22-25-27-28-29-32-35-38-41-44-47-50-57(67)73-60-59(69)58(68)56(51-64)72-62(60)71-52-53(54(65)48-45-42-39-36-33-30-24-21-18-15-12-9-6-3)63-61(70)55(66)49-46-43-40-37-34-31-26-23-20-17-14-11-8-5-2/h16,19-20,23,25,27,29,32,38,41,45,48,53-56,58-60,62,64-66,68-69H,4-15,17-18,21-22,24,26,28,30-31,33-37,39-40,42-44,46-47,49-52H2,1-3H3,(H,63,70)/b19-16-,23-20-,27-25-,32-29-,41-38-,48-45+. The van der Waals surface area contributed by atoms with E-state index in [0.717, 1.165) is 77.0 Å². The van der Waals surface area contributed by atoms with Gasteiger partial charge in [0.05, 0.1) is 25.4 Å². The van der Waals surface area contributed by atoms with Crippen molar-refractivity contribution in [3.63, 3.8) is 0 Å². The van der Waals surface area contributed by atoms with E-state index in [-0.39, 0.29) is 19.4 Å². The Morgan fingerprint density at radius 1 is 0.534 bits per heavy atom. The molecule has 0 saturated carbocycles. The zero-order valence-electron chi connectivity index (χ0n) is 46.5. The maximum absolute atomic E-state index is 13.4. The number of hydrogen-bond donors (Lipinski definition) is 6. The molecule has 8 atom stereocenters. The third kappa shape index (κ3) is 38.3. The van der Waals surface area contributed by atoms with E-state index in [1.54, 1.807) is 6.08 Å². The summed E-state index contributed by atoms with van der Waals surface area (Å²) >= 11 is 0. The van der Waals surface area contributed by atoms with Gasteiger partial charge in [-0.05, 0) is 89.9 Å². The summed E-state index contributed by atoms with van der Waals surface area (Å²) in [7, 11) is 0. The first kappa shape index (κ1) is 68.1. The van der Waals surface area contributed by atoms with Gasteiger partial charge in [0.1, 0.15) is 24.4 Å². The van der Waals surface area contributed by atoms with Crippen LogP contribution in [0.3, 0.4) is 0 Å². The van der Waals surface area contributed by atoms with Crippen molar-refractivity contribution in [1.29, 1.82) is 0 Å². The van der Waals surface area contributed by atoms with Crippen molar-refractivity contribution < 1.29 is 49.3 Å². The average Bonchev–Trinajstić information content (AvgIpc) is 3.39. The quantitative estimate of drug-likeness (QED) is 0.0195. The van der Waals surface area contributed by atoms with Gasteiger partial charge in [-0.15, -0.1) is 0 Å². The number of hydrogen-bond acceptors (Lipinski definition) is 10. The number of aliphatic hydroxyl groups excluding tert-OH is 5. The van der Waals surface area contributed by atoms with Crippen molar-refractivity contribution in [3.05, 3.63) is 72.9 Å². The SMILES string of the molecule is CCCCC/C=C\C/C=C\C/C=C\C/C=C\CCCC(=O)OC1C(OCC(NC(=O)C(O)CCCCCCCC/C=C\CCCCCC)C(O)/C=C/CCCCCCCCCCCCC)OC(CO)C(O)C1O. The monoisotopic (exact) mass is 1030 g/mol. The van der Waals surface area contributed by atoms with Crippen molar-refractivity contribution in [2.45, 2.75) is 294 Å². The molecular weight excluding hydrogens is 919 g/mol. The van der Waals surface area contributed by atoms with Gasteiger partial charge in [-0.2, -0.15) is 0 Å². The molecule has 1 aliphatic heterocycles. The molecule has 1 aliphatic rings. The first-order valence-corrected chi connectivity index (χ1v) is 29.7. The summed E-state index contributed by atoms with van der Waals surface area (Å²) in [5, 5.41) is 56.8. The topological polar surface area (TPSA) is 175 Å². The fourth-order valence-electron chi connectivity index (χ4n) is 8.81. The number of carbonyl (C=O) groups excluding carboxylic acids is 2. The molecule has 8 unspecified atom stereocenters. The van der Waals surface area contributed by atoms with Crippen LogP contribution in [0.5, 0.6) is 0 Å². The lowest BCUT2D eigenvalue weighted by atomic mass is 9.99. The minimum Gasteiger partial charge on any atom is -0.454 e. The van der Waals surface area contributed by atoms with E-state index in [9.17, 15) is 35.1 Å². The molecule has 11 heteroatoms. The number of ether oxygens (including phenoxy) is 3. The van der Waals surface area contributed by atoms with Crippen LogP contribution in [0.2, 0.25) is 0 Å². The molecule has 1 fully saturated rings. The second kappa shape index (κ2) is 49.9. The average molecular weight is 1030 g/mol. The van der Waals surface area contributed by atoms with Gasteiger partial charge in [0.2, 0.25) is 5.91 Å². The summed E-state index contributed by atoms with van der Waals surface area (Å²) in [6, 6.07) is -1.04. The molecule has 0 radical (unpaired) electrons. The van der Waals surface area contributed by atoms with Crippen LogP contribution in [-0.2, 0) is 23.8 Å². The van der Waals surface area contributed by atoms with Crippen LogP contribution in [0.1, 0.15) is 245 Å². The van der Waals surface area contributed by atoms with Crippen molar-refractivity contribution in [2.24, 2.45) is 0 Å². The number of rotatable bonds is 49. The Bertz CT molecular complexity index is 1460. The predicted octanol–water partition coefficient (Wildman–Crippen LogP) is 13.6. The Kier molecular flexibility index (Phi) is 46.6. The summed E-state index contributed by atoms with van der Waals surface area (Å²) in [4.78, 5) is 26.5. The zero-order chi connectivity index (χ0) is 53.3. The minimum atomic E-state index is -1.64. The molecule has 422 valence electrons. The molecule has 1 saturated heterocycles. The summed E-state index contributed by atoms with van der Waals surface area (Å²) < 4.78 is 17.5. The van der Waals surface area contributed by atoms with Crippen LogP contribution in [0.4, 0.5) is 0 Å². The van der Waals surface area contributed by atoms with Gasteiger partial charge in [0.25, 0.3) is 0 Å². The highest BCUT2D eigenvalue weighted by molar-refractivity contribution is 5.80. The predicted molar refractivity (Wildman–Crippen MR) is 301 cm³/mol. The fourth-order valence-corrected chi connectivity index (χ4v) is 8.81. The highest BCUT2D eigenvalue weighted by Crippen LogP contribution is 2.26. The lowest BCUT2D eigenvalue weighted by Crippen LogP contribution is -2.61. The van der Waals surface area contributed by atoms with Crippen LogP contribution < -0.4 is 5.32 Å². The highest BCUT2D eigenvalue weighted by atomic mass is 16.7. The summed E-state index contributed by atoms with van der Waals surface area (Å²) in [6.45, 7) is 5.71. The van der Waals surface area contributed by atoms with Gasteiger partial charge in [0, 0.05) is 6.42 Å². The molecule has 0 spiro atoms. The Morgan fingerprint density at radius 2 is 0.945 bits per heavy atom. The maximum atomic E-state index is 13.4. The Balaban J connectivity index is 2.77. The van der Waals surface area contributed by atoms with Gasteiger partial charge in [-0.25, -0.2) is 0 Å². The van der Waals surface area contributed by atoms with E-state index in [1.807, 2.05) is 18.2 Å². The molecule has 6 N–H and O–H groups in total. The van der Waals surface area contributed by atoms with Gasteiger partial charge in [-0.3, -0.25) is 9.59 Å². The van der Waals surface area contributed by atoms with E-state index >= 15 is 0 Å². The molecule has 0 aromatic rings. The summed E-state index contributed by atoms with van der Waals surface area (Å²) in [5.41, 5.74) is 0. The minimum absolute atomic E-state index is 0.0452. The number of carbonyl (C=O) groups is 2. The summed E-state index contributed by atoms with van der Waals surface area (Å²) in [5.74, 6) is -1.26. The smallest absolute Gasteiger partial charge is 0.306 e. The molecule has 0 bridgehead atoms. The second-order valence-electron chi connectivity index (χ2n) is 20.4. The molecule has 0 aromatic heterocycles. The van der Waals surface area contributed by atoms with Crippen LogP contribution in [0.25, 0.3) is 0 Å². The molecule has 11 nitrogen and oxygen atoms in total. The lowest BCUT2D eigenvalue weighted by Gasteiger charge is -2.41. The first-order chi connectivity index (χ1) is 35.7. The summed E-state index contributed by atoms with van der Waals surface area (Å²) in [6.07, 6.45) is 52.3. The zero-order valence-corrected chi connectivity index (χ0v) is 46.5. The fraction of sp³-hybridized carbons (Fsp3) is 0.774.